The second-order valence-electron chi connectivity index (χ2n) is 4.06. The van der Waals surface area contributed by atoms with Crippen LogP contribution in [0, 0.1) is 0 Å². The molecule has 1 aromatic carbocycles. The van der Waals surface area contributed by atoms with Gasteiger partial charge in [0.05, 0.1) is 11.9 Å². The largest absolute Gasteiger partial charge is 0.354 e. The average Bonchev–Trinajstić information content (AvgIpc) is 2.41. The predicted octanol–water partition coefficient (Wildman–Crippen LogP) is 2.33. The minimum Gasteiger partial charge on any atom is -0.354 e. The molecule has 0 unspecified atom stereocenters. The highest BCUT2D eigenvalue weighted by molar-refractivity contribution is 9.10. The Hall–Kier alpha value is -1.46. The number of nitrogens with zero attached hydrogens (tertiary/aromatic N) is 3. The van der Waals surface area contributed by atoms with Crippen LogP contribution in [-0.2, 0) is 13.1 Å². The van der Waals surface area contributed by atoms with Crippen molar-refractivity contribution in [3.8, 4) is 0 Å². The lowest BCUT2D eigenvalue weighted by Crippen LogP contribution is -2.18. The van der Waals surface area contributed by atoms with Crippen molar-refractivity contribution >= 4 is 21.7 Å². The highest BCUT2D eigenvalue weighted by Crippen LogP contribution is 2.15. The normalized spacial score (nSPS) is 10.4. The molecule has 1 heterocycles. The second-order valence-corrected chi connectivity index (χ2v) is 4.97. The zero-order chi connectivity index (χ0) is 13.0. The number of aromatic nitrogens is 2. The number of halogens is 1. The Kier molecular flexibility index (Phi) is 4.28. The summed E-state index contributed by atoms with van der Waals surface area (Å²) in [6.07, 6.45) is 3.44. The Morgan fingerprint density at radius 2 is 1.94 bits per heavy atom. The Labute approximate surface area is 115 Å². The van der Waals surface area contributed by atoms with Gasteiger partial charge in [-0.1, -0.05) is 28.1 Å². The van der Waals surface area contributed by atoms with Crippen LogP contribution >= 0.6 is 15.9 Å². The van der Waals surface area contributed by atoms with E-state index in [-0.39, 0.29) is 0 Å². The fraction of sp³-hybridized carbons (Fsp3) is 0.231. The number of benzene rings is 1. The molecule has 94 valence electrons. The van der Waals surface area contributed by atoms with Crippen LogP contribution in [0.1, 0.15) is 11.3 Å². The van der Waals surface area contributed by atoms with Crippen LogP contribution in [0.5, 0.6) is 0 Å². The molecule has 0 aliphatic carbocycles. The van der Waals surface area contributed by atoms with Crippen molar-refractivity contribution in [1.82, 2.24) is 9.97 Å². The number of anilines is 1. The van der Waals surface area contributed by atoms with Gasteiger partial charge >= 0.3 is 0 Å². The van der Waals surface area contributed by atoms with Crippen molar-refractivity contribution in [3.05, 3.63) is 52.4 Å². The molecule has 0 aliphatic rings. The highest BCUT2D eigenvalue weighted by Gasteiger charge is 2.05. The maximum Gasteiger partial charge on any atom is 0.147 e. The Bertz CT molecular complexity index is 513. The molecule has 0 saturated heterocycles. The first-order valence-corrected chi connectivity index (χ1v) is 6.45. The third-order valence-corrected chi connectivity index (χ3v) is 3.13. The molecule has 2 N–H and O–H groups in total. The summed E-state index contributed by atoms with van der Waals surface area (Å²) in [5.74, 6) is 0.834. The molecule has 2 rings (SSSR count). The van der Waals surface area contributed by atoms with Crippen molar-refractivity contribution in [2.24, 2.45) is 5.73 Å². The molecule has 0 amide bonds. The van der Waals surface area contributed by atoms with Gasteiger partial charge in [0.1, 0.15) is 5.82 Å². The van der Waals surface area contributed by atoms with E-state index >= 15 is 0 Å². The van der Waals surface area contributed by atoms with Crippen molar-refractivity contribution in [3.63, 3.8) is 0 Å². The smallest absolute Gasteiger partial charge is 0.147 e. The molecule has 0 fully saturated rings. The van der Waals surface area contributed by atoms with E-state index in [9.17, 15) is 0 Å². The first-order valence-electron chi connectivity index (χ1n) is 5.65. The Morgan fingerprint density at radius 3 is 2.61 bits per heavy atom. The van der Waals surface area contributed by atoms with E-state index in [1.165, 1.54) is 5.56 Å². The Balaban J connectivity index is 2.11. The molecule has 0 aliphatic heterocycles. The first-order chi connectivity index (χ1) is 8.69. The third-order valence-electron chi connectivity index (χ3n) is 2.60. The summed E-state index contributed by atoms with van der Waals surface area (Å²) < 4.78 is 1.08. The molecular weight excluding hydrogens is 292 g/mol. The van der Waals surface area contributed by atoms with Crippen LogP contribution in [0.4, 0.5) is 5.82 Å². The lowest BCUT2D eigenvalue weighted by molar-refractivity contribution is 0.864. The molecule has 2 aromatic rings. The summed E-state index contributed by atoms with van der Waals surface area (Å²) >= 11 is 3.43. The van der Waals surface area contributed by atoms with E-state index in [1.807, 2.05) is 19.2 Å². The number of nitrogens with two attached hydrogens (primary N) is 1. The van der Waals surface area contributed by atoms with Gasteiger partial charge in [-0.15, -0.1) is 0 Å². The summed E-state index contributed by atoms with van der Waals surface area (Å²) in [4.78, 5) is 10.6. The fourth-order valence-electron chi connectivity index (χ4n) is 1.62. The maximum atomic E-state index is 5.56. The van der Waals surface area contributed by atoms with Crippen LogP contribution in [-0.4, -0.2) is 17.0 Å². The summed E-state index contributed by atoms with van der Waals surface area (Å²) in [7, 11) is 1.99. The monoisotopic (exact) mass is 306 g/mol. The van der Waals surface area contributed by atoms with Crippen LogP contribution in [0.15, 0.2) is 41.1 Å². The summed E-state index contributed by atoms with van der Waals surface area (Å²) in [5, 5.41) is 0. The minimum atomic E-state index is 0.410. The van der Waals surface area contributed by atoms with E-state index in [0.717, 1.165) is 22.5 Å². The van der Waals surface area contributed by atoms with E-state index in [1.54, 1.807) is 12.4 Å². The molecule has 0 bridgehead atoms. The molecule has 5 heteroatoms. The molecule has 1 aromatic heterocycles. The van der Waals surface area contributed by atoms with Crippen molar-refractivity contribution in [2.75, 3.05) is 11.9 Å². The lowest BCUT2D eigenvalue weighted by Gasteiger charge is -2.18. The van der Waals surface area contributed by atoms with Gasteiger partial charge in [-0.2, -0.15) is 0 Å². The van der Waals surface area contributed by atoms with Crippen LogP contribution in [0.2, 0.25) is 0 Å². The Morgan fingerprint density at radius 1 is 1.22 bits per heavy atom. The highest BCUT2D eigenvalue weighted by atomic mass is 79.9. The number of rotatable bonds is 4. The fourth-order valence-corrected chi connectivity index (χ4v) is 1.89. The SMILES string of the molecule is CN(Cc1ccc(Br)cc1)c1cncc(CN)n1. The molecule has 0 saturated carbocycles. The van der Waals surface area contributed by atoms with Crippen molar-refractivity contribution in [2.45, 2.75) is 13.1 Å². The summed E-state index contributed by atoms with van der Waals surface area (Å²) in [6.45, 7) is 1.20. The van der Waals surface area contributed by atoms with E-state index < -0.39 is 0 Å². The molecule has 0 spiro atoms. The van der Waals surface area contributed by atoms with Crippen LogP contribution < -0.4 is 10.6 Å². The standard InChI is InChI=1S/C13H15BrN4/c1-18(9-10-2-4-11(14)5-3-10)13-8-16-7-12(6-15)17-13/h2-5,7-8H,6,9,15H2,1H3. The zero-order valence-electron chi connectivity index (χ0n) is 10.2. The van der Waals surface area contributed by atoms with E-state index in [4.69, 9.17) is 5.73 Å². The zero-order valence-corrected chi connectivity index (χ0v) is 11.8. The van der Waals surface area contributed by atoms with Crippen LogP contribution in [0.3, 0.4) is 0 Å². The van der Waals surface area contributed by atoms with Gasteiger partial charge in [-0.05, 0) is 17.7 Å². The maximum absolute atomic E-state index is 5.56. The molecule has 0 atom stereocenters. The van der Waals surface area contributed by atoms with Gasteiger partial charge in [0.25, 0.3) is 0 Å². The third kappa shape index (κ3) is 3.27. The van der Waals surface area contributed by atoms with Crippen molar-refractivity contribution < 1.29 is 0 Å². The molecule has 0 radical (unpaired) electrons. The minimum absolute atomic E-state index is 0.410. The van der Waals surface area contributed by atoms with Gasteiger partial charge in [0, 0.05) is 30.8 Å². The van der Waals surface area contributed by atoms with Crippen LogP contribution in [0.25, 0.3) is 0 Å². The van der Waals surface area contributed by atoms with Gasteiger partial charge in [-0.25, -0.2) is 4.98 Å². The lowest BCUT2D eigenvalue weighted by atomic mass is 10.2. The predicted molar refractivity (Wildman–Crippen MR) is 76.2 cm³/mol. The molecular formula is C13H15BrN4. The molecule has 4 nitrogen and oxygen atoms in total. The first kappa shape index (κ1) is 13.0. The quantitative estimate of drug-likeness (QED) is 0.942. The van der Waals surface area contributed by atoms with Gasteiger partial charge < -0.3 is 10.6 Å². The summed E-state index contributed by atoms with van der Waals surface area (Å²) in [5.41, 5.74) is 7.59. The van der Waals surface area contributed by atoms with E-state index in [0.29, 0.717) is 6.54 Å². The van der Waals surface area contributed by atoms with Gasteiger partial charge in [-0.3, -0.25) is 4.98 Å². The number of hydrogen-bond donors (Lipinski definition) is 1. The van der Waals surface area contributed by atoms with Crippen molar-refractivity contribution in [1.29, 1.82) is 0 Å². The van der Waals surface area contributed by atoms with E-state index in [2.05, 4.69) is 42.9 Å². The second kappa shape index (κ2) is 5.93. The summed E-state index contributed by atoms with van der Waals surface area (Å²) in [6, 6.07) is 8.23. The number of hydrogen-bond acceptors (Lipinski definition) is 4. The topological polar surface area (TPSA) is 55.0 Å². The average molecular weight is 307 g/mol. The van der Waals surface area contributed by atoms with Gasteiger partial charge in [0.15, 0.2) is 0 Å². The molecule has 18 heavy (non-hydrogen) atoms. The van der Waals surface area contributed by atoms with Gasteiger partial charge in [0.2, 0.25) is 0 Å².